The van der Waals surface area contributed by atoms with Crippen molar-refractivity contribution in [2.45, 2.75) is 44.2 Å². The van der Waals surface area contributed by atoms with Crippen molar-refractivity contribution >= 4 is 0 Å². The van der Waals surface area contributed by atoms with E-state index in [9.17, 15) is 0 Å². The van der Waals surface area contributed by atoms with Crippen LogP contribution < -0.4 is 4.74 Å². The van der Waals surface area contributed by atoms with Gasteiger partial charge in [0.05, 0.1) is 13.7 Å². The predicted molar refractivity (Wildman–Crippen MR) is 109 cm³/mol. The maximum atomic E-state index is 6.11. The molecular formula is C24H31NO2. The number of ether oxygens (including phenoxy) is 2. The van der Waals surface area contributed by atoms with E-state index in [0.29, 0.717) is 18.6 Å². The van der Waals surface area contributed by atoms with Crippen molar-refractivity contribution in [3.8, 4) is 5.75 Å². The molecule has 1 heterocycles. The topological polar surface area (TPSA) is 21.7 Å². The van der Waals surface area contributed by atoms with Crippen LogP contribution in [0.5, 0.6) is 5.75 Å². The number of hydrogen-bond donors (Lipinski definition) is 0. The Bertz CT molecular complexity index is 775. The fraction of sp³-hybridized carbons (Fsp3) is 0.500. The predicted octanol–water partition coefficient (Wildman–Crippen LogP) is 4.44. The van der Waals surface area contributed by atoms with E-state index in [0.717, 1.165) is 31.7 Å². The highest BCUT2D eigenvalue weighted by molar-refractivity contribution is 5.45. The number of benzene rings is 2. The summed E-state index contributed by atoms with van der Waals surface area (Å²) in [5, 5.41) is 0. The highest BCUT2D eigenvalue weighted by Gasteiger charge is 2.50. The van der Waals surface area contributed by atoms with Crippen LogP contribution in [0, 0.1) is 5.92 Å². The van der Waals surface area contributed by atoms with Gasteiger partial charge < -0.3 is 14.4 Å². The molecule has 0 N–H and O–H groups in total. The first-order chi connectivity index (χ1) is 13.1. The lowest BCUT2D eigenvalue weighted by molar-refractivity contribution is 0.0122. The number of likely N-dealkylation sites (tertiary alicyclic amines) is 1. The first kappa shape index (κ1) is 18.5. The molecule has 0 radical (unpaired) electrons. The van der Waals surface area contributed by atoms with Crippen LogP contribution in [0.4, 0.5) is 0 Å². The average molecular weight is 366 g/mol. The Morgan fingerprint density at radius 3 is 2.74 bits per heavy atom. The van der Waals surface area contributed by atoms with Crippen molar-refractivity contribution in [1.82, 2.24) is 4.90 Å². The molecule has 0 spiro atoms. The SMILES string of the molecule is COc1ccc2c(c1)[C@@]1(CCOCc3ccccc3)CCN(C)[C@@H](C2)[C@H]1C. The number of nitrogens with zero attached hydrogens (tertiary/aromatic N) is 1. The maximum absolute atomic E-state index is 6.11. The molecule has 1 fully saturated rings. The van der Waals surface area contributed by atoms with Gasteiger partial charge in [-0.3, -0.25) is 0 Å². The van der Waals surface area contributed by atoms with Crippen molar-refractivity contribution in [1.29, 1.82) is 0 Å². The zero-order valence-corrected chi connectivity index (χ0v) is 16.8. The smallest absolute Gasteiger partial charge is 0.119 e. The van der Waals surface area contributed by atoms with Gasteiger partial charge in [-0.1, -0.05) is 43.3 Å². The summed E-state index contributed by atoms with van der Waals surface area (Å²) in [5.74, 6) is 1.60. The molecule has 1 saturated heterocycles. The quantitative estimate of drug-likeness (QED) is 0.707. The summed E-state index contributed by atoms with van der Waals surface area (Å²) in [7, 11) is 4.05. The molecule has 0 amide bonds. The summed E-state index contributed by atoms with van der Waals surface area (Å²) in [6.07, 6.45) is 3.41. The van der Waals surface area contributed by atoms with Gasteiger partial charge in [0.15, 0.2) is 0 Å². The molecule has 2 aromatic rings. The molecule has 27 heavy (non-hydrogen) atoms. The Balaban J connectivity index is 1.56. The molecule has 3 nitrogen and oxygen atoms in total. The van der Waals surface area contributed by atoms with E-state index < -0.39 is 0 Å². The Morgan fingerprint density at radius 2 is 1.96 bits per heavy atom. The van der Waals surface area contributed by atoms with Gasteiger partial charge in [0.1, 0.15) is 5.75 Å². The lowest BCUT2D eigenvalue weighted by atomic mass is 9.56. The molecule has 2 aliphatic rings. The monoisotopic (exact) mass is 365 g/mol. The summed E-state index contributed by atoms with van der Waals surface area (Å²) >= 11 is 0. The fourth-order valence-electron chi connectivity index (χ4n) is 5.29. The largest absolute Gasteiger partial charge is 0.497 e. The van der Waals surface area contributed by atoms with Gasteiger partial charge in [0.25, 0.3) is 0 Å². The molecule has 1 aliphatic heterocycles. The van der Waals surface area contributed by atoms with E-state index in [2.05, 4.69) is 67.4 Å². The van der Waals surface area contributed by atoms with Crippen LogP contribution in [0.1, 0.15) is 36.5 Å². The second-order valence-corrected chi connectivity index (χ2v) is 8.26. The van der Waals surface area contributed by atoms with Crippen molar-refractivity contribution in [3.05, 3.63) is 65.2 Å². The van der Waals surface area contributed by atoms with Gasteiger partial charge in [-0.05, 0) is 67.6 Å². The molecule has 2 bridgehead atoms. The Morgan fingerprint density at radius 1 is 1.15 bits per heavy atom. The van der Waals surface area contributed by atoms with Crippen LogP contribution in [0.3, 0.4) is 0 Å². The Hall–Kier alpha value is -1.84. The number of fused-ring (bicyclic) bond motifs is 4. The van der Waals surface area contributed by atoms with E-state index in [1.165, 1.54) is 23.1 Å². The summed E-state index contributed by atoms with van der Waals surface area (Å²) in [4.78, 5) is 2.56. The van der Waals surface area contributed by atoms with Crippen molar-refractivity contribution in [2.24, 2.45) is 5.92 Å². The van der Waals surface area contributed by atoms with Crippen molar-refractivity contribution < 1.29 is 9.47 Å². The van der Waals surface area contributed by atoms with Crippen LogP contribution in [-0.4, -0.2) is 38.3 Å². The van der Waals surface area contributed by atoms with E-state index in [-0.39, 0.29) is 5.41 Å². The molecule has 144 valence electrons. The lowest BCUT2D eigenvalue weighted by Crippen LogP contribution is -2.58. The van der Waals surface area contributed by atoms with Gasteiger partial charge in [-0.25, -0.2) is 0 Å². The molecule has 3 heteroatoms. The third-order valence-corrected chi connectivity index (χ3v) is 7.01. The summed E-state index contributed by atoms with van der Waals surface area (Å²) in [5.41, 5.74) is 4.43. The van der Waals surface area contributed by atoms with Crippen LogP contribution in [-0.2, 0) is 23.2 Å². The molecule has 3 atom stereocenters. The molecule has 0 unspecified atom stereocenters. The summed E-state index contributed by atoms with van der Waals surface area (Å²) in [6.45, 7) is 5.09. The van der Waals surface area contributed by atoms with Crippen LogP contribution in [0.15, 0.2) is 48.5 Å². The molecule has 4 rings (SSSR count). The minimum atomic E-state index is 0.190. The van der Waals surface area contributed by atoms with Crippen LogP contribution >= 0.6 is 0 Å². The van der Waals surface area contributed by atoms with E-state index in [1.807, 2.05) is 0 Å². The number of rotatable bonds is 6. The maximum Gasteiger partial charge on any atom is 0.119 e. The van der Waals surface area contributed by atoms with Gasteiger partial charge in [-0.2, -0.15) is 0 Å². The summed E-state index contributed by atoms with van der Waals surface area (Å²) < 4.78 is 11.7. The van der Waals surface area contributed by atoms with E-state index >= 15 is 0 Å². The lowest BCUT2D eigenvalue weighted by Gasteiger charge is -2.55. The van der Waals surface area contributed by atoms with Gasteiger partial charge in [0.2, 0.25) is 0 Å². The van der Waals surface area contributed by atoms with E-state index in [4.69, 9.17) is 9.47 Å². The zero-order valence-electron chi connectivity index (χ0n) is 16.8. The van der Waals surface area contributed by atoms with Gasteiger partial charge in [0, 0.05) is 18.1 Å². The highest BCUT2D eigenvalue weighted by atomic mass is 16.5. The van der Waals surface area contributed by atoms with Gasteiger partial charge in [-0.15, -0.1) is 0 Å². The first-order valence-corrected chi connectivity index (χ1v) is 10.1. The standard InChI is InChI=1S/C24H31NO2/c1-18-23-15-20-9-10-21(26-3)16-22(20)24(18,11-13-25(23)2)12-14-27-17-19-7-5-4-6-8-19/h4-10,16,18,23H,11-15,17H2,1-3H3/t18-,23+,24-/m1/s1. The van der Waals surface area contributed by atoms with Crippen molar-refractivity contribution in [3.63, 3.8) is 0 Å². The number of methoxy groups -OCH3 is 1. The molecular weight excluding hydrogens is 334 g/mol. The zero-order chi connectivity index (χ0) is 18.9. The van der Waals surface area contributed by atoms with E-state index in [1.54, 1.807) is 7.11 Å². The third kappa shape index (κ3) is 3.39. The molecule has 1 aliphatic carbocycles. The van der Waals surface area contributed by atoms with Crippen LogP contribution in [0.25, 0.3) is 0 Å². The van der Waals surface area contributed by atoms with Gasteiger partial charge >= 0.3 is 0 Å². The second-order valence-electron chi connectivity index (χ2n) is 8.26. The van der Waals surface area contributed by atoms with Crippen molar-refractivity contribution in [2.75, 3.05) is 27.3 Å². The molecule has 2 aromatic carbocycles. The number of hydrogen-bond acceptors (Lipinski definition) is 3. The summed E-state index contributed by atoms with van der Waals surface area (Å²) in [6, 6.07) is 17.8. The number of likely N-dealkylation sites (N-methyl/N-ethyl adjacent to an activating group) is 1. The normalized spacial score (nSPS) is 27.2. The average Bonchev–Trinajstić information content (AvgIpc) is 2.70. The fourth-order valence-corrected chi connectivity index (χ4v) is 5.29. The highest BCUT2D eigenvalue weighted by Crippen LogP contribution is 2.51. The Labute approximate surface area is 163 Å². The minimum absolute atomic E-state index is 0.190. The molecule has 0 aromatic heterocycles. The number of piperidine rings is 1. The van der Waals surface area contributed by atoms with Crippen LogP contribution in [0.2, 0.25) is 0 Å². The third-order valence-electron chi connectivity index (χ3n) is 7.01. The Kier molecular flexibility index (Phi) is 5.25. The minimum Gasteiger partial charge on any atom is -0.497 e. The molecule has 0 saturated carbocycles. The first-order valence-electron chi connectivity index (χ1n) is 10.1. The second kappa shape index (κ2) is 7.65.